The van der Waals surface area contributed by atoms with Crippen LogP contribution in [0.15, 0.2) is 30.3 Å². The van der Waals surface area contributed by atoms with Crippen molar-refractivity contribution in [3.63, 3.8) is 0 Å². The third-order valence-electron chi connectivity index (χ3n) is 2.78. The highest BCUT2D eigenvalue weighted by Crippen LogP contribution is 2.33. The van der Waals surface area contributed by atoms with Crippen molar-refractivity contribution in [2.75, 3.05) is 7.11 Å². The van der Waals surface area contributed by atoms with Crippen molar-refractivity contribution in [1.82, 2.24) is 0 Å². The molecule has 20 heavy (non-hydrogen) atoms. The van der Waals surface area contributed by atoms with Gasteiger partial charge in [0.25, 0.3) is 0 Å². The van der Waals surface area contributed by atoms with Crippen molar-refractivity contribution in [2.24, 2.45) is 0 Å². The van der Waals surface area contributed by atoms with Gasteiger partial charge in [0.05, 0.1) is 7.11 Å². The van der Waals surface area contributed by atoms with E-state index in [1.807, 2.05) is 18.2 Å². The number of esters is 1. The maximum atomic E-state index is 11.6. The number of ether oxygens (including phenoxy) is 1. The Morgan fingerprint density at radius 1 is 1.20 bits per heavy atom. The highest BCUT2D eigenvalue weighted by molar-refractivity contribution is 6.70. The average molecular weight is 290 g/mol. The summed E-state index contributed by atoms with van der Waals surface area (Å²) in [5.74, 6) is 0.0743. The van der Waals surface area contributed by atoms with Gasteiger partial charge in [0.1, 0.15) is 17.1 Å². The monoisotopic (exact) mass is 290 g/mol. The molecule has 0 aliphatic heterocycles. The number of rotatable bonds is 3. The van der Waals surface area contributed by atoms with Crippen molar-refractivity contribution in [3.05, 3.63) is 35.9 Å². The van der Waals surface area contributed by atoms with Crippen molar-refractivity contribution >= 4 is 25.1 Å². The number of fused-ring (bicyclic) bond motifs is 1. The molecule has 0 saturated heterocycles. The summed E-state index contributed by atoms with van der Waals surface area (Å²) in [4.78, 5) is 11.6. The minimum Gasteiger partial charge on any atom is -0.544 e. The van der Waals surface area contributed by atoms with Crippen molar-refractivity contribution in [2.45, 2.75) is 19.6 Å². The molecule has 0 heterocycles. The Morgan fingerprint density at radius 3 is 2.50 bits per heavy atom. The van der Waals surface area contributed by atoms with Crippen LogP contribution in [0.2, 0.25) is 19.6 Å². The van der Waals surface area contributed by atoms with Crippen LogP contribution in [-0.4, -0.2) is 26.5 Å². The van der Waals surface area contributed by atoms with Crippen LogP contribution in [0.25, 0.3) is 10.8 Å². The fraction of sp³-hybridized carbons (Fsp3) is 0.267. The Labute approximate surface area is 119 Å². The summed E-state index contributed by atoms with van der Waals surface area (Å²) >= 11 is 0. The molecule has 0 aliphatic rings. The number of carbonyl (C=O) groups is 1. The van der Waals surface area contributed by atoms with Gasteiger partial charge >= 0.3 is 5.97 Å². The van der Waals surface area contributed by atoms with Crippen LogP contribution >= 0.6 is 0 Å². The standard InChI is InChI=1S/C15H18O4Si/c1-18-15(17)12-8-10-6-5-7-14(19-20(2,3)4)11(10)9-13(12)16/h5-9,16H,1-4H3. The largest absolute Gasteiger partial charge is 0.544 e. The highest BCUT2D eigenvalue weighted by Gasteiger charge is 2.19. The van der Waals surface area contributed by atoms with Crippen molar-refractivity contribution in [3.8, 4) is 11.5 Å². The van der Waals surface area contributed by atoms with Gasteiger partial charge in [0.2, 0.25) is 8.32 Å². The average Bonchev–Trinajstić information content (AvgIpc) is 2.36. The van der Waals surface area contributed by atoms with Gasteiger partial charge < -0.3 is 14.3 Å². The Hall–Kier alpha value is -2.01. The fourth-order valence-corrected chi connectivity index (χ4v) is 2.82. The Kier molecular flexibility index (Phi) is 3.72. The molecular weight excluding hydrogens is 272 g/mol. The molecular formula is C15H18O4Si. The van der Waals surface area contributed by atoms with E-state index in [9.17, 15) is 9.90 Å². The summed E-state index contributed by atoms with van der Waals surface area (Å²) in [5, 5.41) is 11.6. The lowest BCUT2D eigenvalue weighted by atomic mass is 10.1. The van der Waals surface area contributed by atoms with Gasteiger partial charge in [-0.3, -0.25) is 0 Å². The predicted molar refractivity (Wildman–Crippen MR) is 80.9 cm³/mol. The number of methoxy groups -OCH3 is 1. The maximum Gasteiger partial charge on any atom is 0.341 e. The quantitative estimate of drug-likeness (QED) is 0.694. The Bertz CT molecular complexity index is 659. The number of phenols is 1. The number of phenolic OH excluding ortho intramolecular Hbond substituents is 1. The molecule has 0 atom stereocenters. The number of aromatic hydroxyl groups is 1. The molecule has 5 heteroatoms. The summed E-state index contributed by atoms with van der Waals surface area (Å²) in [6.07, 6.45) is 0. The van der Waals surface area contributed by atoms with Gasteiger partial charge in [-0.2, -0.15) is 0 Å². The zero-order chi connectivity index (χ0) is 14.9. The minimum absolute atomic E-state index is 0.101. The lowest BCUT2D eigenvalue weighted by Gasteiger charge is -2.20. The SMILES string of the molecule is COC(=O)c1cc2cccc(O[Si](C)(C)C)c2cc1O. The summed E-state index contributed by atoms with van der Waals surface area (Å²) in [7, 11) is -0.460. The normalized spacial score (nSPS) is 11.4. The van der Waals surface area contributed by atoms with E-state index in [2.05, 4.69) is 24.4 Å². The third-order valence-corrected chi connectivity index (χ3v) is 3.61. The molecule has 0 bridgehead atoms. The second-order valence-corrected chi connectivity index (χ2v) is 9.98. The minimum atomic E-state index is -1.75. The topological polar surface area (TPSA) is 55.8 Å². The van der Waals surface area contributed by atoms with E-state index in [0.29, 0.717) is 0 Å². The van der Waals surface area contributed by atoms with Crippen LogP contribution in [0.3, 0.4) is 0 Å². The molecule has 2 rings (SSSR count). The summed E-state index contributed by atoms with van der Waals surface area (Å²) in [6, 6.07) is 8.79. The van der Waals surface area contributed by atoms with Crippen molar-refractivity contribution in [1.29, 1.82) is 0 Å². The summed E-state index contributed by atoms with van der Waals surface area (Å²) < 4.78 is 10.7. The van der Waals surface area contributed by atoms with Gasteiger partial charge in [0.15, 0.2) is 0 Å². The molecule has 0 saturated carbocycles. The molecule has 0 unspecified atom stereocenters. The molecule has 0 spiro atoms. The number of benzene rings is 2. The van der Waals surface area contributed by atoms with Crippen LogP contribution < -0.4 is 4.43 Å². The third kappa shape index (κ3) is 2.93. The van der Waals surface area contributed by atoms with Gasteiger partial charge in [-0.15, -0.1) is 0 Å². The summed E-state index contributed by atoms with van der Waals surface area (Å²) in [5.41, 5.74) is 0.158. The zero-order valence-electron chi connectivity index (χ0n) is 12.1. The van der Waals surface area contributed by atoms with Crippen LogP contribution in [-0.2, 0) is 4.74 Å². The molecule has 2 aromatic carbocycles. The fourth-order valence-electron chi connectivity index (χ4n) is 1.98. The van der Waals surface area contributed by atoms with Gasteiger partial charge in [-0.05, 0) is 43.2 Å². The van der Waals surface area contributed by atoms with E-state index in [1.165, 1.54) is 7.11 Å². The molecule has 0 aromatic heterocycles. The highest BCUT2D eigenvalue weighted by atomic mass is 28.4. The Balaban J connectivity index is 2.60. The second kappa shape index (κ2) is 5.17. The smallest absolute Gasteiger partial charge is 0.341 e. The van der Waals surface area contributed by atoms with Crippen LogP contribution in [0.1, 0.15) is 10.4 Å². The zero-order valence-corrected chi connectivity index (χ0v) is 13.1. The molecule has 0 aliphatic carbocycles. The van der Waals surface area contributed by atoms with E-state index >= 15 is 0 Å². The van der Waals surface area contributed by atoms with Gasteiger partial charge in [-0.25, -0.2) is 4.79 Å². The lowest BCUT2D eigenvalue weighted by molar-refractivity contribution is 0.0597. The number of hydrogen-bond donors (Lipinski definition) is 1. The first-order valence-corrected chi connectivity index (χ1v) is 9.76. The van der Waals surface area contributed by atoms with Crippen LogP contribution in [0.5, 0.6) is 11.5 Å². The maximum absolute atomic E-state index is 11.6. The van der Waals surface area contributed by atoms with Crippen LogP contribution in [0, 0.1) is 0 Å². The van der Waals surface area contributed by atoms with E-state index in [-0.39, 0.29) is 11.3 Å². The van der Waals surface area contributed by atoms with Gasteiger partial charge in [-0.1, -0.05) is 12.1 Å². The Morgan fingerprint density at radius 2 is 1.90 bits per heavy atom. The lowest BCUT2D eigenvalue weighted by Crippen LogP contribution is -2.29. The summed E-state index contributed by atoms with van der Waals surface area (Å²) in [6.45, 7) is 6.28. The molecule has 4 nitrogen and oxygen atoms in total. The van der Waals surface area contributed by atoms with E-state index in [1.54, 1.807) is 12.1 Å². The molecule has 0 amide bonds. The molecule has 0 fully saturated rings. The first kappa shape index (κ1) is 14.4. The number of hydrogen-bond acceptors (Lipinski definition) is 4. The van der Waals surface area contributed by atoms with E-state index in [0.717, 1.165) is 16.5 Å². The van der Waals surface area contributed by atoms with E-state index in [4.69, 9.17) is 4.43 Å². The van der Waals surface area contributed by atoms with Crippen molar-refractivity contribution < 1.29 is 19.1 Å². The molecule has 1 N–H and O–H groups in total. The van der Waals surface area contributed by atoms with Crippen LogP contribution in [0.4, 0.5) is 0 Å². The molecule has 106 valence electrons. The second-order valence-electron chi connectivity index (χ2n) is 5.55. The van der Waals surface area contributed by atoms with Gasteiger partial charge in [0, 0.05) is 5.39 Å². The molecule has 0 radical (unpaired) electrons. The number of carbonyl (C=O) groups excluding carboxylic acids is 1. The first-order chi connectivity index (χ1) is 9.31. The predicted octanol–water partition coefficient (Wildman–Crippen LogP) is 3.55. The molecule has 2 aromatic rings. The van der Waals surface area contributed by atoms with E-state index < -0.39 is 14.3 Å². The first-order valence-electron chi connectivity index (χ1n) is 6.35.